The minimum absolute atomic E-state index is 0.0826. The summed E-state index contributed by atoms with van der Waals surface area (Å²) in [6.45, 7) is 8.79. The molecule has 1 amide bonds. The molecule has 0 spiro atoms. The summed E-state index contributed by atoms with van der Waals surface area (Å²) in [6.07, 6.45) is 3.94. The molecule has 24 heavy (non-hydrogen) atoms. The molecular formula is C18H29N3O3. The van der Waals surface area contributed by atoms with Crippen LogP contribution in [0.15, 0.2) is 6.07 Å². The first-order valence-electron chi connectivity index (χ1n) is 9.09. The van der Waals surface area contributed by atoms with E-state index in [9.17, 15) is 4.79 Å². The van der Waals surface area contributed by atoms with Crippen molar-refractivity contribution in [1.29, 1.82) is 0 Å². The lowest BCUT2D eigenvalue weighted by Gasteiger charge is -2.35. The number of nitrogens with zero attached hydrogens (tertiary/aromatic N) is 3. The van der Waals surface area contributed by atoms with E-state index < -0.39 is 6.10 Å². The molecule has 0 radical (unpaired) electrons. The largest absolute Gasteiger partial charge is 0.376 e. The number of amides is 1. The van der Waals surface area contributed by atoms with Gasteiger partial charge in [-0.25, -0.2) is 0 Å². The number of aryl methyl sites for hydroxylation is 2. The molecule has 0 saturated carbocycles. The van der Waals surface area contributed by atoms with Crippen molar-refractivity contribution >= 4 is 5.91 Å². The van der Waals surface area contributed by atoms with Crippen LogP contribution in [0, 0.1) is 13.8 Å². The lowest BCUT2D eigenvalue weighted by atomic mass is 10.0. The summed E-state index contributed by atoms with van der Waals surface area (Å²) in [7, 11) is 0. The Balaban J connectivity index is 1.55. The molecule has 2 aliphatic heterocycles. The highest BCUT2D eigenvalue weighted by Gasteiger charge is 2.29. The van der Waals surface area contributed by atoms with Gasteiger partial charge in [-0.1, -0.05) is 0 Å². The van der Waals surface area contributed by atoms with Crippen LogP contribution >= 0.6 is 0 Å². The van der Waals surface area contributed by atoms with E-state index in [-0.39, 0.29) is 18.1 Å². The second kappa shape index (κ2) is 7.66. The van der Waals surface area contributed by atoms with Crippen LogP contribution < -0.4 is 0 Å². The Bertz CT molecular complexity index is 566. The van der Waals surface area contributed by atoms with E-state index >= 15 is 0 Å². The standard InChI is InChI=1S/C18H29N3O3/c1-13-10-14(2)21(19-13)16-6-4-8-20(11-16)18(22)15(3)24-12-17-7-5-9-23-17/h10,15-17H,4-9,11-12H2,1-3H3/t15-,16-,17+/m1/s1. The Morgan fingerprint density at radius 1 is 1.42 bits per heavy atom. The van der Waals surface area contributed by atoms with Crippen LogP contribution in [0.3, 0.4) is 0 Å². The summed E-state index contributed by atoms with van der Waals surface area (Å²) in [4.78, 5) is 14.6. The van der Waals surface area contributed by atoms with Crippen LogP contribution in [-0.2, 0) is 14.3 Å². The van der Waals surface area contributed by atoms with Gasteiger partial charge in [0.2, 0.25) is 0 Å². The van der Waals surface area contributed by atoms with E-state index in [1.165, 1.54) is 0 Å². The van der Waals surface area contributed by atoms with E-state index in [1.54, 1.807) is 0 Å². The molecule has 0 N–H and O–H groups in total. The predicted molar refractivity (Wildman–Crippen MR) is 90.9 cm³/mol. The van der Waals surface area contributed by atoms with Gasteiger partial charge in [0.15, 0.2) is 0 Å². The van der Waals surface area contributed by atoms with Gasteiger partial charge in [0.25, 0.3) is 5.91 Å². The molecule has 2 saturated heterocycles. The molecule has 134 valence electrons. The maximum Gasteiger partial charge on any atom is 0.251 e. The number of likely N-dealkylation sites (tertiary alicyclic amines) is 1. The molecule has 0 bridgehead atoms. The zero-order valence-corrected chi connectivity index (χ0v) is 15.0. The molecule has 6 heteroatoms. The molecule has 0 aromatic carbocycles. The van der Waals surface area contributed by atoms with E-state index in [1.807, 2.05) is 18.7 Å². The summed E-state index contributed by atoms with van der Waals surface area (Å²) in [5.41, 5.74) is 2.19. The van der Waals surface area contributed by atoms with Crippen molar-refractivity contribution in [2.45, 2.75) is 64.7 Å². The average Bonchev–Trinajstić information content (AvgIpc) is 3.21. The summed E-state index contributed by atoms with van der Waals surface area (Å²) in [6, 6.07) is 2.36. The van der Waals surface area contributed by atoms with Gasteiger partial charge >= 0.3 is 0 Å². The van der Waals surface area contributed by atoms with Gasteiger partial charge in [0.05, 0.1) is 24.4 Å². The molecule has 2 aliphatic rings. The molecule has 3 atom stereocenters. The van der Waals surface area contributed by atoms with Gasteiger partial charge in [0, 0.05) is 25.4 Å². The number of piperidine rings is 1. The van der Waals surface area contributed by atoms with Crippen LogP contribution in [0.1, 0.15) is 50.0 Å². The number of hydrogen-bond donors (Lipinski definition) is 0. The van der Waals surface area contributed by atoms with Gasteiger partial charge in [-0.2, -0.15) is 5.10 Å². The van der Waals surface area contributed by atoms with E-state index in [0.29, 0.717) is 13.2 Å². The zero-order valence-electron chi connectivity index (χ0n) is 15.0. The number of ether oxygens (including phenoxy) is 2. The van der Waals surface area contributed by atoms with Crippen molar-refractivity contribution in [2.75, 3.05) is 26.3 Å². The van der Waals surface area contributed by atoms with Gasteiger partial charge in [-0.3, -0.25) is 9.48 Å². The molecule has 6 nitrogen and oxygen atoms in total. The lowest BCUT2D eigenvalue weighted by Crippen LogP contribution is -2.46. The Labute approximate surface area is 144 Å². The first-order chi connectivity index (χ1) is 11.5. The molecule has 3 heterocycles. The Morgan fingerprint density at radius 3 is 2.92 bits per heavy atom. The summed E-state index contributed by atoms with van der Waals surface area (Å²) >= 11 is 0. The summed E-state index contributed by atoms with van der Waals surface area (Å²) in [5.74, 6) is 0.0826. The summed E-state index contributed by atoms with van der Waals surface area (Å²) in [5, 5.41) is 4.59. The molecule has 3 rings (SSSR count). The second-order valence-electron chi connectivity index (χ2n) is 7.06. The highest BCUT2D eigenvalue weighted by Crippen LogP contribution is 2.24. The zero-order chi connectivity index (χ0) is 17.1. The molecular weight excluding hydrogens is 306 g/mol. The fourth-order valence-corrected chi connectivity index (χ4v) is 3.73. The second-order valence-corrected chi connectivity index (χ2v) is 7.06. The number of aromatic nitrogens is 2. The SMILES string of the molecule is Cc1cc(C)n([C@@H]2CCCN(C(=O)[C@@H](C)OC[C@@H]3CCCO3)C2)n1. The van der Waals surface area contributed by atoms with E-state index in [2.05, 4.69) is 22.8 Å². The smallest absolute Gasteiger partial charge is 0.251 e. The van der Waals surface area contributed by atoms with Crippen molar-refractivity contribution in [3.63, 3.8) is 0 Å². The first kappa shape index (κ1) is 17.4. The third-order valence-electron chi connectivity index (χ3n) is 5.00. The summed E-state index contributed by atoms with van der Waals surface area (Å²) < 4.78 is 13.4. The van der Waals surface area contributed by atoms with Crippen LogP contribution in [0.4, 0.5) is 0 Å². The normalized spacial score (nSPS) is 25.9. The molecule has 1 aromatic heterocycles. The van der Waals surface area contributed by atoms with Crippen molar-refractivity contribution < 1.29 is 14.3 Å². The Kier molecular flexibility index (Phi) is 5.56. The fraction of sp³-hybridized carbons (Fsp3) is 0.778. The monoisotopic (exact) mass is 335 g/mol. The van der Waals surface area contributed by atoms with Crippen molar-refractivity contribution in [2.24, 2.45) is 0 Å². The minimum Gasteiger partial charge on any atom is -0.376 e. The number of hydrogen-bond acceptors (Lipinski definition) is 4. The Hall–Kier alpha value is -1.40. The van der Waals surface area contributed by atoms with Crippen molar-refractivity contribution in [3.8, 4) is 0 Å². The maximum absolute atomic E-state index is 12.7. The highest BCUT2D eigenvalue weighted by molar-refractivity contribution is 5.80. The molecule has 1 aromatic rings. The lowest BCUT2D eigenvalue weighted by molar-refractivity contribution is -0.146. The minimum atomic E-state index is -0.409. The third kappa shape index (κ3) is 3.98. The van der Waals surface area contributed by atoms with Crippen molar-refractivity contribution in [1.82, 2.24) is 14.7 Å². The predicted octanol–water partition coefficient (Wildman–Crippen LogP) is 2.25. The molecule has 2 fully saturated rings. The topological polar surface area (TPSA) is 56.6 Å². The van der Waals surface area contributed by atoms with Crippen LogP contribution in [0.25, 0.3) is 0 Å². The third-order valence-corrected chi connectivity index (χ3v) is 5.00. The highest BCUT2D eigenvalue weighted by atomic mass is 16.5. The molecule has 0 unspecified atom stereocenters. The number of carbonyl (C=O) groups excluding carboxylic acids is 1. The number of rotatable bonds is 5. The number of carbonyl (C=O) groups is 1. The van der Waals surface area contributed by atoms with E-state index in [4.69, 9.17) is 9.47 Å². The quantitative estimate of drug-likeness (QED) is 0.828. The Morgan fingerprint density at radius 2 is 2.25 bits per heavy atom. The van der Waals surface area contributed by atoms with E-state index in [0.717, 1.165) is 50.2 Å². The van der Waals surface area contributed by atoms with Gasteiger partial charge < -0.3 is 14.4 Å². The first-order valence-corrected chi connectivity index (χ1v) is 9.09. The fourth-order valence-electron chi connectivity index (χ4n) is 3.73. The van der Waals surface area contributed by atoms with Gasteiger partial charge in [0.1, 0.15) is 6.10 Å². The maximum atomic E-state index is 12.7. The van der Waals surface area contributed by atoms with Gasteiger partial charge in [-0.15, -0.1) is 0 Å². The van der Waals surface area contributed by atoms with Gasteiger partial charge in [-0.05, 0) is 52.5 Å². The van der Waals surface area contributed by atoms with Crippen LogP contribution in [0.2, 0.25) is 0 Å². The van der Waals surface area contributed by atoms with Crippen LogP contribution in [-0.4, -0.2) is 59.1 Å². The molecule has 0 aliphatic carbocycles. The van der Waals surface area contributed by atoms with Crippen molar-refractivity contribution in [3.05, 3.63) is 17.5 Å². The average molecular weight is 335 g/mol. The van der Waals surface area contributed by atoms with Crippen LogP contribution in [0.5, 0.6) is 0 Å².